The highest BCUT2D eigenvalue weighted by Crippen LogP contribution is 2.49. The first-order valence-electron chi connectivity index (χ1n) is 10.4. The molecule has 2 heterocycles. The van der Waals surface area contributed by atoms with E-state index in [0.717, 1.165) is 22.5 Å². The van der Waals surface area contributed by atoms with Crippen molar-refractivity contribution in [2.24, 2.45) is 0 Å². The number of ketones is 1. The van der Waals surface area contributed by atoms with Crippen molar-refractivity contribution in [3.05, 3.63) is 102 Å². The highest BCUT2D eigenvalue weighted by atomic mass is 16.5. The van der Waals surface area contributed by atoms with E-state index in [4.69, 9.17) is 4.74 Å². The number of hydrogen-bond donors (Lipinski definition) is 1. The zero-order valence-corrected chi connectivity index (χ0v) is 17.8. The molecule has 0 aliphatic carbocycles. The molecule has 3 aromatic carbocycles. The molecule has 5 heteroatoms. The fraction of sp³-hybridized carbons (Fsp3) is 0.111. The fourth-order valence-corrected chi connectivity index (χ4v) is 4.57. The molecule has 1 amide bonds. The third-order valence-electron chi connectivity index (χ3n) is 5.95. The van der Waals surface area contributed by atoms with Crippen LogP contribution in [-0.4, -0.2) is 23.8 Å². The van der Waals surface area contributed by atoms with Crippen LogP contribution < -0.4 is 4.90 Å². The topological polar surface area (TPSA) is 62.4 Å². The van der Waals surface area contributed by atoms with E-state index in [1.807, 2.05) is 72.8 Å². The Morgan fingerprint density at radius 2 is 1.47 bits per heavy atom. The van der Waals surface area contributed by atoms with Crippen LogP contribution >= 0.6 is 0 Å². The number of nitrogens with zero attached hydrogens (tertiary/aromatic N) is 1. The third-order valence-corrected chi connectivity index (χ3v) is 5.95. The minimum absolute atomic E-state index is 0.262. The molecule has 0 spiro atoms. The van der Waals surface area contributed by atoms with Crippen LogP contribution in [0.1, 0.15) is 22.8 Å². The number of Topliss-reactive ketones (excluding diaryl/α,β-unsaturated/α-hetero) is 1. The smallest absolute Gasteiger partial charge is 0.241 e. The van der Waals surface area contributed by atoms with Gasteiger partial charge in [-0.15, -0.1) is 0 Å². The number of methoxy groups -OCH3 is 1. The fourth-order valence-electron chi connectivity index (χ4n) is 4.57. The van der Waals surface area contributed by atoms with Crippen molar-refractivity contribution in [1.82, 2.24) is 4.98 Å². The van der Waals surface area contributed by atoms with Crippen LogP contribution in [0, 0.1) is 0 Å². The van der Waals surface area contributed by atoms with Crippen molar-refractivity contribution in [2.75, 3.05) is 12.0 Å². The van der Waals surface area contributed by atoms with Gasteiger partial charge < -0.3 is 9.72 Å². The summed E-state index contributed by atoms with van der Waals surface area (Å²) >= 11 is 0. The molecule has 0 fully saturated rings. The van der Waals surface area contributed by atoms with E-state index in [2.05, 4.69) is 4.98 Å². The lowest BCUT2D eigenvalue weighted by molar-refractivity contribution is -0.121. The normalized spacial score (nSPS) is 17.4. The summed E-state index contributed by atoms with van der Waals surface area (Å²) in [4.78, 5) is 31.7. The highest BCUT2D eigenvalue weighted by molar-refractivity contribution is 6.20. The van der Waals surface area contributed by atoms with Gasteiger partial charge in [-0.1, -0.05) is 72.8 Å². The van der Waals surface area contributed by atoms with E-state index in [1.165, 1.54) is 18.9 Å². The van der Waals surface area contributed by atoms with E-state index in [9.17, 15) is 9.59 Å². The number of amides is 1. The van der Waals surface area contributed by atoms with Gasteiger partial charge in [0.25, 0.3) is 0 Å². The average Bonchev–Trinajstić information content (AvgIpc) is 3.39. The molecule has 0 radical (unpaired) electrons. The van der Waals surface area contributed by atoms with Crippen molar-refractivity contribution in [1.29, 1.82) is 0 Å². The summed E-state index contributed by atoms with van der Waals surface area (Å²) in [5.74, 6) is -0.534. The number of aromatic nitrogens is 1. The molecule has 1 aliphatic heterocycles. The van der Waals surface area contributed by atoms with Crippen LogP contribution in [0.25, 0.3) is 22.5 Å². The van der Waals surface area contributed by atoms with Crippen molar-refractivity contribution in [2.45, 2.75) is 12.6 Å². The van der Waals surface area contributed by atoms with Crippen LogP contribution in [0.15, 0.2) is 91.0 Å². The Morgan fingerprint density at radius 1 is 0.875 bits per heavy atom. The predicted molar refractivity (Wildman–Crippen MR) is 124 cm³/mol. The number of rotatable bonds is 4. The zero-order chi connectivity index (χ0) is 22.3. The average molecular weight is 422 g/mol. The number of nitrogens with one attached hydrogen (secondary N) is 1. The van der Waals surface area contributed by atoms with Crippen molar-refractivity contribution in [3.8, 4) is 22.5 Å². The highest BCUT2D eigenvalue weighted by Gasteiger charge is 2.56. The van der Waals surface area contributed by atoms with E-state index in [1.54, 1.807) is 18.2 Å². The monoisotopic (exact) mass is 422 g/mol. The Hall–Kier alpha value is -3.96. The lowest BCUT2D eigenvalue weighted by atomic mass is 9.93. The SMILES string of the molecule is COC1(c2cc(-c3ccccc3)[nH]c2-c2ccccc2)C(=O)c2ccccc2N1C(C)=O. The van der Waals surface area contributed by atoms with Gasteiger partial charge in [0.15, 0.2) is 0 Å². The van der Waals surface area contributed by atoms with Crippen molar-refractivity contribution < 1.29 is 14.3 Å². The van der Waals surface area contributed by atoms with E-state index < -0.39 is 5.72 Å². The second kappa shape index (κ2) is 7.62. The Balaban J connectivity index is 1.82. The third kappa shape index (κ3) is 2.82. The molecule has 5 nitrogen and oxygen atoms in total. The first kappa shape index (κ1) is 20.0. The maximum Gasteiger partial charge on any atom is 0.241 e. The first-order valence-corrected chi connectivity index (χ1v) is 10.4. The molecule has 1 atom stereocenters. The number of hydrogen-bond acceptors (Lipinski definition) is 3. The van der Waals surface area contributed by atoms with Gasteiger partial charge in [-0.3, -0.25) is 14.5 Å². The van der Waals surface area contributed by atoms with Crippen molar-refractivity contribution >= 4 is 17.4 Å². The molecule has 1 N–H and O–H groups in total. The van der Waals surface area contributed by atoms with Gasteiger partial charge in [0.05, 0.1) is 11.4 Å². The largest absolute Gasteiger partial charge is 0.354 e. The molecular weight excluding hydrogens is 400 g/mol. The molecule has 1 unspecified atom stereocenters. The zero-order valence-electron chi connectivity index (χ0n) is 17.8. The number of fused-ring (bicyclic) bond motifs is 1. The van der Waals surface area contributed by atoms with Crippen LogP contribution in [0.4, 0.5) is 5.69 Å². The Morgan fingerprint density at radius 3 is 2.09 bits per heavy atom. The summed E-state index contributed by atoms with van der Waals surface area (Å²) in [5.41, 5.74) is 3.44. The van der Waals surface area contributed by atoms with Gasteiger partial charge in [-0.05, 0) is 29.3 Å². The molecule has 1 aliphatic rings. The van der Waals surface area contributed by atoms with Gasteiger partial charge in [0.2, 0.25) is 17.4 Å². The van der Waals surface area contributed by atoms with Crippen LogP contribution in [0.5, 0.6) is 0 Å². The number of benzene rings is 3. The molecule has 4 aromatic rings. The van der Waals surface area contributed by atoms with Crippen molar-refractivity contribution in [3.63, 3.8) is 0 Å². The molecule has 0 saturated carbocycles. The molecule has 0 bridgehead atoms. The Bertz CT molecular complexity index is 1310. The maximum atomic E-state index is 13.9. The summed E-state index contributed by atoms with van der Waals surface area (Å²) in [6.45, 7) is 1.45. The first-order chi connectivity index (χ1) is 15.6. The minimum Gasteiger partial charge on any atom is -0.354 e. The Labute approximate surface area is 186 Å². The number of anilines is 1. The van der Waals surface area contributed by atoms with E-state index in [-0.39, 0.29) is 11.7 Å². The van der Waals surface area contributed by atoms with E-state index >= 15 is 0 Å². The number of carbonyl (C=O) groups is 2. The second-order valence-corrected chi connectivity index (χ2v) is 7.75. The lowest BCUT2D eigenvalue weighted by Gasteiger charge is -2.35. The van der Waals surface area contributed by atoms with E-state index in [0.29, 0.717) is 16.8 Å². The summed E-state index contributed by atoms with van der Waals surface area (Å²) in [7, 11) is 1.48. The summed E-state index contributed by atoms with van der Waals surface area (Å²) in [5, 5.41) is 0. The quantitative estimate of drug-likeness (QED) is 0.479. The predicted octanol–water partition coefficient (Wildman–Crippen LogP) is 5.40. The number of H-pyrrole nitrogens is 1. The van der Waals surface area contributed by atoms with Gasteiger partial charge in [-0.25, -0.2) is 0 Å². The van der Waals surface area contributed by atoms with Gasteiger partial charge in [0.1, 0.15) is 0 Å². The summed E-state index contributed by atoms with van der Waals surface area (Å²) in [6, 6.07) is 28.7. The molecular formula is C27H22N2O3. The molecule has 0 saturated heterocycles. The minimum atomic E-state index is -1.61. The number of carbonyl (C=O) groups excluding carboxylic acids is 2. The van der Waals surface area contributed by atoms with Crippen LogP contribution in [0.3, 0.4) is 0 Å². The number of para-hydroxylation sites is 1. The summed E-state index contributed by atoms with van der Waals surface area (Å²) < 4.78 is 6.00. The second-order valence-electron chi connectivity index (χ2n) is 7.75. The lowest BCUT2D eigenvalue weighted by Crippen LogP contribution is -2.51. The van der Waals surface area contributed by atoms with Gasteiger partial charge >= 0.3 is 0 Å². The molecule has 1 aromatic heterocycles. The Kier molecular flexibility index (Phi) is 4.76. The van der Waals surface area contributed by atoms with Gasteiger partial charge in [0, 0.05) is 30.9 Å². The standard InChI is InChI=1S/C27H22N2O3/c1-18(30)29-24-16-10-9-15-21(24)26(31)27(29,32-2)22-17-23(19-11-5-3-6-12-19)28-25(22)20-13-7-4-8-14-20/h3-17,28H,1-2H3. The van der Waals surface area contributed by atoms with Crippen LogP contribution in [-0.2, 0) is 15.3 Å². The maximum absolute atomic E-state index is 13.9. The summed E-state index contributed by atoms with van der Waals surface area (Å²) in [6.07, 6.45) is 0. The molecule has 5 rings (SSSR count). The van der Waals surface area contributed by atoms with Crippen LogP contribution in [0.2, 0.25) is 0 Å². The number of aromatic amines is 1. The number of ether oxygens (including phenoxy) is 1. The van der Waals surface area contributed by atoms with Gasteiger partial charge in [-0.2, -0.15) is 0 Å². The molecule has 158 valence electrons. The molecule has 32 heavy (non-hydrogen) atoms.